The summed E-state index contributed by atoms with van der Waals surface area (Å²) in [4.78, 5) is 0. The maximum absolute atomic E-state index is 12.8. The topological polar surface area (TPSA) is 66.4 Å². The fraction of sp³-hybridized carbons (Fsp3) is 0.538. The summed E-state index contributed by atoms with van der Waals surface area (Å²) in [5.74, 6) is -0.475. The summed E-state index contributed by atoms with van der Waals surface area (Å²) in [7, 11) is -3.13. The van der Waals surface area contributed by atoms with E-state index in [2.05, 4.69) is 5.32 Å². The predicted octanol–water partition coefficient (Wildman–Crippen LogP) is 0.504. The van der Waals surface area contributed by atoms with Gasteiger partial charge in [-0.1, -0.05) is 12.1 Å². The molecule has 2 N–H and O–H groups in total. The number of aliphatic hydroxyl groups excluding tert-OH is 1. The number of hydrogen-bond donors (Lipinski definition) is 2. The molecule has 3 unspecified atom stereocenters. The van der Waals surface area contributed by atoms with Crippen LogP contribution in [0.2, 0.25) is 0 Å². The van der Waals surface area contributed by atoms with Crippen LogP contribution in [-0.4, -0.2) is 43.2 Å². The van der Waals surface area contributed by atoms with E-state index in [-0.39, 0.29) is 23.4 Å². The van der Waals surface area contributed by atoms with Crippen LogP contribution in [0.5, 0.6) is 0 Å². The highest BCUT2D eigenvalue weighted by molar-refractivity contribution is 7.91. The van der Waals surface area contributed by atoms with E-state index in [0.717, 1.165) is 5.56 Å². The van der Waals surface area contributed by atoms with Crippen molar-refractivity contribution in [3.8, 4) is 0 Å². The molecule has 1 aromatic carbocycles. The van der Waals surface area contributed by atoms with Crippen molar-refractivity contribution in [1.29, 1.82) is 0 Å². The molecule has 0 saturated carbocycles. The van der Waals surface area contributed by atoms with Gasteiger partial charge in [0.05, 0.1) is 17.6 Å². The van der Waals surface area contributed by atoms with Crippen molar-refractivity contribution in [3.63, 3.8) is 0 Å². The first-order valence-electron chi connectivity index (χ1n) is 6.25. The Morgan fingerprint density at radius 1 is 1.37 bits per heavy atom. The van der Waals surface area contributed by atoms with Gasteiger partial charge in [0.1, 0.15) is 5.82 Å². The zero-order valence-electron chi connectivity index (χ0n) is 10.7. The lowest BCUT2D eigenvalue weighted by Crippen LogP contribution is -2.44. The molecular formula is C13H18FNO3S. The normalized spacial score (nSPS) is 27.3. The largest absolute Gasteiger partial charge is 0.390 e. The second-order valence-corrected chi connectivity index (χ2v) is 7.30. The Labute approximate surface area is 112 Å². The van der Waals surface area contributed by atoms with Crippen molar-refractivity contribution in [2.45, 2.75) is 31.5 Å². The third kappa shape index (κ3) is 3.99. The molecular weight excluding hydrogens is 269 g/mol. The number of halogens is 1. The summed E-state index contributed by atoms with van der Waals surface area (Å²) < 4.78 is 35.5. The monoisotopic (exact) mass is 287 g/mol. The molecule has 2 rings (SSSR count). The molecule has 0 aromatic heterocycles. The minimum atomic E-state index is -3.13. The van der Waals surface area contributed by atoms with Crippen molar-refractivity contribution in [3.05, 3.63) is 35.6 Å². The quantitative estimate of drug-likeness (QED) is 0.846. The zero-order valence-corrected chi connectivity index (χ0v) is 11.5. The van der Waals surface area contributed by atoms with Gasteiger partial charge in [0, 0.05) is 12.1 Å². The Morgan fingerprint density at radius 3 is 2.53 bits per heavy atom. The molecule has 0 bridgehead atoms. The van der Waals surface area contributed by atoms with Crippen molar-refractivity contribution in [1.82, 2.24) is 5.32 Å². The highest BCUT2D eigenvalue weighted by Crippen LogP contribution is 2.14. The Morgan fingerprint density at radius 2 is 2.00 bits per heavy atom. The molecule has 19 heavy (non-hydrogen) atoms. The van der Waals surface area contributed by atoms with E-state index in [4.69, 9.17) is 0 Å². The lowest BCUT2D eigenvalue weighted by molar-refractivity contribution is 0.160. The van der Waals surface area contributed by atoms with E-state index in [1.807, 2.05) is 6.92 Å². The molecule has 6 heteroatoms. The fourth-order valence-electron chi connectivity index (χ4n) is 2.39. The summed E-state index contributed by atoms with van der Waals surface area (Å²) in [5, 5.41) is 12.8. The van der Waals surface area contributed by atoms with Gasteiger partial charge in [-0.05, 0) is 31.0 Å². The highest BCUT2D eigenvalue weighted by Gasteiger charge is 2.36. The number of aliphatic hydroxyl groups is 1. The standard InChI is InChI=1S/C13H18FNO3S/c1-9(6-10-2-4-11(14)5-3-10)15-12-7-19(17,18)8-13(12)16/h2-5,9,12-13,15-16H,6-8H2,1H3. The summed E-state index contributed by atoms with van der Waals surface area (Å²) in [6.07, 6.45) is -0.190. The van der Waals surface area contributed by atoms with E-state index >= 15 is 0 Å². The molecule has 1 heterocycles. The lowest BCUT2D eigenvalue weighted by Gasteiger charge is -2.21. The molecule has 0 amide bonds. The number of sulfone groups is 1. The third-order valence-electron chi connectivity index (χ3n) is 3.28. The average molecular weight is 287 g/mol. The third-order valence-corrected chi connectivity index (χ3v) is 4.99. The molecule has 0 aliphatic carbocycles. The number of nitrogens with one attached hydrogen (secondary N) is 1. The van der Waals surface area contributed by atoms with E-state index in [0.29, 0.717) is 6.42 Å². The second-order valence-electron chi connectivity index (χ2n) is 5.15. The number of hydrogen-bond acceptors (Lipinski definition) is 4. The van der Waals surface area contributed by atoms with E-state index in [1.54, 1.807) is 12.1 Å². The predicted molar refractivity (Wildman–Crippen MR) is 71.2 cm³/mol. The van der Waals surface area contributed by atoms with Crippen molar-refractivity contribution >= 4 is 9.84 Å². The van der Waals surface area contributed by atoms with Gasteiger partial charge in [0.25, 0.3) is 0 Å². The molecule has 1 fully saturated rings. The Hall–Kier alpha value is -0.980. The second kappa shape index (κ2) is 5.56. The fourth-order valence-corrected chi connectivity index (χ4v) is 4.14. The van der Waals surface area contributed by atoms with Crippen LogP contribution >= 0.6 is 0 Å². The summed E-state index contributed by atoms with van der Waals surface area (Å²) >= 11 is 0. The molecule has 1 aliphatic heterocycles. The highest BCUT2D eigenvalue weighted by atomic mass is 32.2. The maximum atomic E-state index is 12.8. The molecule has 0 spiro atoms. The Bertz CT molecular complexity index is 529. The van der Waals surface area contributed by atoms with Crippen molar-refractivity contribution in [2.24, 2.45) is 0 Å². The lowest BCUT2D eigenvalue weighted by atomic mass is 10.1. The van der Waals surface area contributed by atoms with E-state index in [9.17, 15) is 17.9 Å². The van der Waals surface area contributed by atoms with Gasteiger partial charge in [0.2, 0.25) is 0 Å². The van der Waals surface area contributed by atoms with E-state index in [1.165, 1.54) is 12.1 Å². The molecule has 1 aromatic rings. The smallest absolute Gasteiger partial charge is 0.154 e. The molecule has 3 atom stereocenters. The number of rotatable bonds is 4. The van der Waals surface area contributed by atoms with Crippen molar-refractivity contribution < 1.29 is 17.9 Å². The Kier molecular flexibility index (Phi) is 4.23. The molecule has 1 aliphatic rings. The summed E-state index contributed by atoms with van der Waals surface area (Å²) in [5.41, 5.74) is 0.969. The summed E-state index contributed by atoms with van der Waals surface area (Å²) in [6.45, 7) is 1.92. The van der Waals surface area contributed by atoms with Crippen LogP contribution in [0.4, 0.5) is 4.39 Å². The Balaban J connectivity index is 1.91. The van der Waals surface area contributed by atoms with Gasteiger partial charge in [0.15, 0.2) is 9.84 Å². The van der Waals surface area contributed by atoms with Crippen LogP contribution < -0.4 is 5.32 Å². The van der Waals surface area contributed by atoms with Gasteiger partial charge >= 0.3 is 0 Å². The van der Waals surface area contributed by atoms with Crippen LogP contribution in [0, 0.1) is 5.82 Å². The molecule has 4 nitrogen and oxygen atoms in total. The molecule has 106 valence electrons. The van der Waals surface area contributed by atoms with Crippen LogP contribution in [-0.2, 0) is 16.3 Å². The first-order valence-corrected chi connectivity index (χ1v) is 8.07. The van der Waals surface area contributed by atoms with Crippen LogP contribution in [0.1, 0.15) is 12.5 Å². The van der Waals surface area contributed by atoms with Crippen molar-refractivity contribution in [2.75, 3.05) is 11.5 Å². The van der Waals surface area contributed by atoms with Crippen LogP contribution in [0.25, 0.3) is 0 Å². The SMILES string of the molecule is CC(Cc1ccc(F)cc1)NC1CS(=O)(=O)CC1O. The average Bonchev–Trinajstić information content (AvgIpc) is 2.55. The van der Waals surface area contributed by atoms with E-state index < -0.39 is 22.0 Å². The summed E-state index contributed by atoms with van der Waals surface area (Å²) in [6, 6.07) is 5.80. The van der Waals surface area contributed by atoms with Gasteiger partial charge < -0.3 is 10.4 Å². The first-order chi connectivity index (χ1) is 8.85. The van der Waals surface area contributed by atoms with Gasteiger partial charge in [-0.2, -0.15) is 0 Å². The van der Waals surface area contributed by atoms with Gasteiger partial charge in [-0.3, -0.25) is 0 Å². The maximum Gasteiger partial charge on any atom is 0.154 e. The minimum absolute atomic E-state index is 0.0124. The zero-order chi connectivity index (χ0) is 14.0. The minimum Gasteiger partial charge on any atom is -0.390 e. The molecule has 1 saturated heterocycles. The van der Waals surface area contributed by atoms with Crippen LogP contribution in [0.3, 0.4) is 0 Å². The van der Waals surface area contributed by atoms with Gasteiger partial charge in [-0.15, -0.1) is 0 Å². The van der Waals surface area contributed by atoms with Gasteiger partial charge in [-0.25, -0.2) is 12.8 Å². The van der Waals surface area contributed by atoms with Crippen LogP contribution in [0.15, 0.2) is 24.3 Å². The first kappa shape index (κ1) is 14.4. The molecule has 0 radical (unpaired) electrons. The number of benzene rings is 1.